The molecule has 1 aliphatic rings. The van der Waals surface area contributed by atoms with Gasteiger partial charge in [-0.2, -0.15) is 0 Å². The fraction of sp³-hybridized carbons (Fsp3) is 0.455. The van der Waals surface area contributed by atoms with Gasteiger partial charge in [-0.15, -0.1) is 0 Å². The molecule has 0 bridgehead atoms. The van der Waals surface area contributed by atoms with E-state index in [1.54, 1.807) is 11.1 Å². The number of nitrogens with one attached hydrogen (secondary N) is 2. The van der Waals surface area contributed by atoms with Crippen molar-refractivity contribution in [1.29, 1.82) is 0 Å². The second-order valence-corrected chi connectivity index (χ2v) is 3.82. The predicted octanol–water partition coefficient (Wildman–Crippen LogP) is 0.448. The normalized spacial score (nSPS) is 21.0. The molecule has 0 spiro atoms. The second-order valence-electron chi connectivity index (χ2n) is 3.82. The van der Waals surface area contributed by atoms with Crippen LogP contribution < -0.4 is 15.5 Å². The standard InChI is InChI=1S/C11H16N4O/c1-8-11(16)15(6-5-13-8)9-3-4-10(12-2)14-7-9/h3-4,7-8,13H,5-6H2,1-2H3,(H,12,14)/t8-/m1/s1. The van der Waals surface area contributed by atoms with Crippen molar-refractivity contribution in [1.82, 2.24) is 10.3 Å². The molecular formula is C11H16N4O. The number of hydrogen-bond donors (Lipinski definition) is 2. The first kappa shape index (κ1) is 10.9. The zero-order valence-corrected chi connectivity index (χ0v) is 9.53. The molecule has 0 unspecified atom stereocenters. The van der Waals surface area contributed by atoms with Crippen LogP contribution in [0.15, 0.2) is 18.3 Å². The summed E-state index contributed by atoms with van der Waals surface area (Å²) in [6.45, 7) is 3.40. The summed E-state index contributed by atoms with van der Waals surface area (Å²) in [7, 11) is 1.82. The summed E-state index contributed by atoms with van der Waals surface area (Å²) in [5.41, 5.74) is 0.859. The van der Waals surface area contributed by atoms with Crippen molar-refractivity contribution >= 4 is 17.4 Å². The van der Waals surface area contributed by atoms with Crippen LogP contribution in [0.2, 0.25) is 0 Å². The van der Waals surface area contributed by atoms with E-state index in [4.69, 9.17) is 0 Å². The summed E-state index contributed by atoms with van der Waals surface area (Å²) >= 11 is 0. The number of rotatable bonds is 2. The van der Waals surface area contributed by atoms with Gasteiger partial charge in [-0.25, -0.2) is 4.98 Å². The van der Waals surface area contributed by atoms with Crippen LogP contribution in [0, 0.1) is 0 Å². The Hall–Kier alpha value is -1.62. The molecule has 5 nitrogen and oxygen atoms in total. The van der Waals surface area contributed by atoms with E-state index in [0.29, 0.717) is 6.54 Å². The Kier molecular flexibility index (Phi) is 3.05. The number of aromatic nitrogens is 1. The molecule has 1 fully saturated rings. The average Bonchev–Trinajstić information content (AvgIpc) is 2.33. The van der Waals surface area contributed by atoms with E-state index in [0.717, 1.165) is 18.1 Å². The number of pyridine rings is 1. The lowest BCUT2D eigenvalue weighted by atomic mass is 10.2. The number of piperazine rings is 1. The molecule has 0 aliphatic carbocycles. The van der Waals surface area contributed by atoms with Crippen molar-refractivity contribution in [2.75, 3.05) is 30.4 Å². The zero-order valence-electron chi connectivity index (χ0n) is 9.53. The van der Waals surface area contributed by atoms with Gasteiger partial charge in [0.1, 0.15) is 5.82 Å². The van der Waals surface area contributed by atoms with Crippen LogP contribution in [-0.2, 0) is 4.79 Å². The first-order chi connectivity index (χ1) is 7.72. The Morgan fingerprint density at radius 2 is 2.38 bits per heavy atom. The Morgan fingerprint density at radius 3 is 3.00 bits per heavy atom. The van der Waals surface area contributed by atoms with Gasteiger partial charge in [0.05, 0.1) is 17.9 Å². The molecule has 1 atom stereocenters. The SMILES string of the molecule is CNc1ccc(N2CCN[C@H](C)C2=O)cn1. The maximum absolute atomic E-state index is 11.9. The van der Waals surface area contributed by atoms with E-state index in [1.807, 2.05) is 26.1 Å². The monoisotopic (exact) mass is 220 g/mol. The van der Waals surface area contributed by atoms with Crippen LogP contribution in [0.1, 0.15) is 6.92 Å². The zero-order chi connectivity index (χ0) is 11.5. The van der Waals surface area contributed by atoms with Gasteiger partial charge in [0.25, 0.3) is 0 Å². The van der Waals surface area contributed by atoms with Gasteiger partial charge in [0.15, 0.2) is 0 Å². The third kappa shape index (κ3) is 1.99. The lowest BCUT2D eigenvalue weighted by Crippen LogP contribution is -2.53. The smallest absolute Gasteiger partial charge is 0.243 e. The largest absolute Gasteiger partial charge is 0.373 e. The lowest BCUT2D eigenvalue weighted by Gasteiger charge is -2.31. The quantitative estimate of drug-likeness (QED) is 0.759. The second kappa shape index (κ2) is 4.49. The van der Waals surface area contributed by atoms with Crippen molar-refractivity contribution < 1.29 is 4.79 Å². The van der Waals surface area contributed by atoms with E-state index >= 15 is 0 Å². The van der Waals surface area contributed by atoms with Gasteiger partial charge in [-0.3, -0.25) is 4.79 Å². The molecular weight excluding hydrogens is 204 g/mol. The summed E-state index contributed by atoms with van der Waals surface area (Å²) in [5.74, 6) is 0.907. The van der Waals surface area contributed by atoms with Crippen LogP contribution in [-0.4, -0.2) is 37.1 Å². The molecule has 1 saturated heterocycles. The molecule has 1 aliphatic heterocycles. The summed E-state index contributed by atoms with van der Waals surface area (Å²) in [6.07, 6.45) is 1.72. The van der Waals surface area contributed by atoms with Gasteiger partial charge in [-0.05, 0) is 19.1 Å². The number of hydrogen-bond acceptors (Lipinski definition) is 4. The van der Waals surface area contributed by atoms with Gasteiger partial charge >= 0.3 is 0 Å². The molecule has 2 N–H and O–H groups in total. The van der Waals surface area contributed by atoms with Crippen LogP contribution in [0.5, 0.6) is 0 Å². The molecule has 1 amide bonds. The molecule has 0 radical (unpaired) electrons. The minimum Gasteiger partial charge on any atom is -0.373 e. The first-order valence-electron chi connectivity index (χ1n) is 5.41. The predicted molar refractivity (Wildman–Crippen MR) is 63.6 cm³/mol. The Labute approximate surface area is 94.9 Å². The highest BCUT2D eigenvalue weighted by atomic mass is 16.2. The fourth-order valence-corrected chi connectivity index (χ4v) is 1.77. The fourth-order valence-electron chi connectivity index (χ4n) is 1.77. The summed E-state index contributed by atoms with van der Waals surface area (Å²) in [4.78, 5) is 17.9. The van der Waals surface area contributed by atoms with E-state index in [2.05, 4.69) is 15.6 Å². The Bertz CT molecular complexity index is 376. The molecule has 2 heterocycles. The van der Waals surface area contributed by atoms with Crippen molar-refractivity contribution in [3.8, 4) is 0 Å². The Morgan fingerprint density at radius 1 is 1.56 bits per heavy atom. The minimum atomic E-state index is -0.113. The van der Waals surface area contributed by atoms with Crippen molar-refractivity contribution in [3.63, 3.8) is 0 Å². The van der Waals surface area contributed by atoms with Crippen LogP contribution >= 0.6 is 0 Å². The Balaban J connectivity index is 2.19. The average molecular weight is 220 g/mol. The number of amides is 1. The molecule has 86 valence electrons. The van der Waals surface area contributed by atoms with Crippen LogP contribution in [0.25, 0.3) is 0 Å². The summed E-state index contributed by atoms with van der Waals surface area (Å²) in [6, 6.07) is 3.67. The lowest BCUT2D eigenvalue weighted by molar-refractivity contribution is -0.121. The van der Waals surface area contributed by atoms with Crippen molar-refractivity contribution in [2.24, 2.45) is 0 Å². The van der Waals surface area contributed by atoms with Gasteiger partial charge < -0.3 is 15.5 Å². The highest BCUT2D eigenvalue weighted by Crippen LogP contribution is 2.17. The molecule has 1 aromatic rings. The molecule has 5 heteroatoms. The number of carbonyl (C=O) groups is 1. The minimum absolute atomic E-state index is 0.102. The van der Waals surface area contributed by atoms with Crippen molar-refractivity contribution in [3.05, 3.63) is 18.3 Å². The highest BCUT2D eigenvalue weighted by Gasteiger charge is 2.25. The third-order valence-electron chi connectivity index (χ3n) is 2.74. The molecule has 0 saturated carbocycles. The molecule has 16 heavy (non-hydrogen) atoms. The summed E-state index contributed by atoms with van der Waals surface area (Å²) in [5, 5.41) is 6.08. The third-order valence-corrected chi connectivity index (χ3v) is 2.74. The number of anilines is 2. The first-order valence-corrected chi connectivity index (χ1v) is 5.41. The van der Waals surface area contributed by atoms with Gasteiger partial charge in [-0.1, -0.05) is 0 Å². The van der Waals surface area contributed by atoms with Gasteiger partial charge in [0.2, 0.25) is 5.91 Å². The van der Waals surface area contributed by atoms with Crippen molar-refractivity contribution in [2.45, 2.75) is 13.0 Å². The maximum atomic E-state index is 11.9. The molecule has 0 aromatic carbocycles. The van der Waals surface area contributed by atoms with Gasteiger partial charge in [0, 0.05) is 20.1 Å². The highest BCUT2D eigenvalue weighted by molar-refractivity contribution is 5.97. The number of nitrogens with zero attached hydrogens (tertiary/aromatic N) is 2. The van der Waals surface area contributed by atoms with Crippen LogP contribution in [0.3, 0.4) is 0 Å². The topological polar surface area (TPSA) is 57.3 Å². The van der Waals surface area contributed by atoms with E-state index in [9.17, 15) is 4.79 Å². The van der Waals surface area contributed by atoms with E-state index in [1.165, 1.54) is 0 Å². The summed E-state index contributed by atoms with van der Waals surface area (Å²) < 4.78 is 0. The van der Waals surface area contributed by atoms with E-state index < -0.39 is 0 Å². The molecule has 1 aromatic heterocycles. The van der Waals surface area contributed by atoms with Crippen LogP contribution in [0.4, 0.5) is 11.5 Å². The maximum Gasteiger partial charge on any atom is 0.243 e. The number of carbonyl (C=O) groups excluding carboxylic acids is 1. The van der Waals surface area contributed by atoms with E-state index in [-0.39, 0.29) is 11.9 Å². The molecule has 2 rings (SSSR count).